The van der Waals surface area contributed by atoms with Crippen molar-refractivity contribution in [2.75, 3.05) is 32.6 Å². The summed E-state index contributed by atoms with van der Waals surface area (Å²) in [5.74, 6) is 0.627. The van der Waals surface area contributed by atoms with E-state index in [2.05, 4.69) is 52.9 Å². The van der Waals surface area contributed by atoms with Crippen molar-refractivity contribution < 1.29 is 13.2 Å². The van der Waals surface area contributed by atoms with E-state index in [4.69, 9.17) is 4.74 Å². The molecular formula is C22H32IN3O3S. The first-order chi connectivity index (χ1) is 13.8. The number of hydrogen-bond acceptors (Lipinski definition) is 4. The first-order valence-electron chi connectivity index (χ1n) is 10.2. The average Bonchev–Trinajstić information content (AvgIpc) is 2.71. The Balaban J connectivity index is 0.00000320. The molecule has 1 aliphatic rings. The molecule has 0 aromatic heterocycles. The van der Waals surface area contributed by atoms with Gasteiger partial charge in [0.2, 0.25) is 0 Å². The second-order valence-electron chi connectivity index (χ2n) is 7.74. The number of fused-ring (bicyclic) bond motifs is 1. The number of nitrogens with zero attached hydrogens (tertiary/aromatic N) is 1. The average molecular weight is 545 g/mol. The number of halogens is 1. The van der Waals surface area contributed by atoms with Crippen molar-refractivity contribution in [3.8, 4) is 0 Å². The van der Waals surface area contributed by atoms with E-state index >= 15 is 0 Å². The van der Waals surface area contributed by atoms with Gasteiger partial charge in [0.15, 0.2) is 15.8 Å². The molecule has 0 spiro atoms. The first-order valence-corrected chi connectivity index (χ1v) is 12.0. The highest BCUT2D eigenvalue weighted by Gasteiger charge is 2.42. The van der Waals surface area contributed by atoms with E-state index in [-0.39, 0.29) is 36.6 Å². The molecule has 2 N–H and O–H groups in total. The van der Waals surface area contributed by atoms with Gasteiger partial charge in [-0.15, -0.1) is 24.0 Å². The van der Waals surface area contributed by atoms with Crippen molar-refractivity contribution in [3.05, 3.63) is 48.0 Å². The van der Waals surface area contributed by atoms with Gasteiger partial charge in [-0.05, 0) is 49.1 Å². The van der Waals surface area contributed by atoms with Crippen LogP contribution >= 0.6 is 24.0 Å². The zero-order valence-electron chi connectivity index (χ0n) is 17.8. The summed E-state index contributed by atoms with van der Waals surface area (Å²) in [6.45, 7) is 5.93. The summed E-state index contributed by atoms with van der Waals surface area (Å²) >= 11 is 0. The molecular weight excluding hydrogens is 513 g/mol. The second kappa shape index (κ2) is 10.8. The molecule has 1 saturated heterocycles. The Morgan fingerprint density at radius 3 is 2.47 bits per heavy atom. The third kappa shape index (κ3) is 5.85. The third-order valence-electron chi connectivity index (χ3n) is 5.69. The fraction of sp³-hybridized carbons (Fsp3) is 0.500. The van der Waals surface area contributed by atoms with Crippen LogP contribution in [0.4, 0.5) is 0 Å². The predicted molar refractivity (Wildman–Crippen MR) is 135 cm³/mol. The van der Waals surface area contributed by atoms with Gasteiger partial charge >= 0.3 is 0 Å². The molecule has 2 aromatic rings. The molecule has 3 rings (SSSR count). The van der Waals surface area contributed by atoms with Gasteiger partial charge in [0.05, 0.1) is 17.3 Å². The minimum absolute atomic E-state index is 0. The minimum atomic E-state index is -3.25. The summed E-state index contributed by atoms with van der Waals surface area (Å²) < 4.78 is 29.5. The Morgan fingerprint density at radius 1 is 1.17 bits per heavy atom. The quantitative estimate of drug-likeness (QED) is 0.329. The molecule has 6 nitrogen and oxygen atoms in total. The molecule has 0 amide bonds. The van der Waals surface area contributed by atoms with Gasteiger partial charge < -0.3 is 15.4 Å². The smallest absolute Gasteiger partial charge is 0.191 e. The standard InChI is InChI=1S/C22H31N3O3S.HI/c1-4-23-21(24-16-22(29(3,26)27)11-13-28-14-12-22)25-17(2)19-10-9-18-7-5-6-8-20(18)15-19;/h5-10,15,17H,4,11-14,16H2,1-3H3,(H2,23,24,25);1H. The van der Waals surface area contributed by atoms with Crippen molar-refractivity contribution in [1.82, 2.24) is 10.6 Å². The predicted octanol–water partition coefficient (Wildman–Crippen LogP) is 3.67. The summed E-state index contributed by atoms with van der Waals surface area (Å²) in [4.78, 5) is 4.66. The Kier molecular flexibility index (Phi) is 8.93. The maximum Gasteiger partial charge on any atom is 0.191 e. The monoisotopic (exact) mass is 545 g/mol. The van der Waals surface area contributed by atoms with Gasteiger partial charge in [0.1, 0.15) is 0 Å². The van der Waals surface area contributed by atoms with Crippen LogP contribution in [0.1, 0.15) is 38.3 Å². The number of benzene rings is 2. The fourth-order valence-electron chi connectivity index (χ4n) is 3.70. The molecule has 1 heterocycles. The fourth-order valence-corrected chi connectivity index (χ4v) is 4.91. The lowest BCUT2D eigenvalue weighted by Crippen LogP contribution is -2.47. The number of hydrogen-bond donors (Lipinski definition) is 2. The summed E-state index contributed by atoms with van der Waals surface area (Å²) in [5.41, 5.74) is 1.15. The van der Waals surface area contributed by atoms with Crippen molar-refractivity contribution >= 4 is 50.5 Å². The topological polar surface area (TPSA) is 79.8 Å². The van der Waals surface area contributed by atoms with Gasteiger partial charge in [-0.25, -0.2) is 8.42 Å². The van der Waals surface area contributed by atoms with Crippen LogP contribution in [0, 0.1) is 0 Å². The number of nitrogens with one attached hydrogen (secondary N) is 2. The zero-order chi connectivity index (χ0) is 20.9. The molecule has 0 radical (unpaired) electrons. The number of guanidine groups is 1. The third-order valence-corrected chi connectivity index (χ3v) is 7.80. The van der Waals surface area contributed by atoms with Gasteiger partial charge in [-0.2, -0.15) is 0 Å². The van der Waals surface area contributed by atoms with Crippen LogP contribution < -0.4 is 10.6 Å². The van der Waals surface area contributed by atoms with Gasteiger partial charge in [0.25, 0.3) is 0 Å². The van der Waals surface area contributed by atoms with E-state index in [1.54, 1.807) is 0 Å². The van der Waals surface area contributed by atoms with Crippen molar-refractivity contribution in [1.29, 1.82) is 0 Å². The van der Waals surface area contributed by atoms with Crippen LogP contribution in [0.5, 0.6) is 0 Å². The van der Waals surface area contributed by atoms with Crippen LogP contribution in [-0.2, 0) is 14.6 Å². The molecule has 8 heteroatoms. The molecule has 166 valence electrons. The molecule has 0 saturated carbocycles. The summed E-state index contributed by atoms with van der Waals surface area (Å²) in [6.07, 6.45) is 2.27. The maximum absolute atomic E-state index is 12.5. The van der Waals surface area contributed by atoms with E-state index in [1.807, 2.05) is 19.1 Å². The van der Waals surface area contributed by atoms with Crippen molar-refractivity contribution in [2.24, 2.45) is 4.99 Å². The van der Waals surface area contributed by atoms with Crippen LogP contribution in [0.15, 0.2) is 47.5 Å². The molecule has 30 heavy (non-hydrogen) atoms. The largest absolute Gasteiger partial charge is 0.381 e. The van der Waals surface area contributed by atoms with Crippen LogP contribution in [0.3, 0.4) is 0 Å². The van der Waals surface area contributed by atoms with E-state index in [0.717, 1.165) is 5.56 Å². The number of rotatable bonds is 6. The minimum Gasteiger partial charge on any atom is -0.381 e. The first kappa shape index (κ1) is 24.9. The summed E-state index contributed by atoms with van der Waals surface area (Å²) in [5, 5.41) is 9.06. The van der Waals surface area contributed by atoms with E-state index < -0.39 is 14.6 Å². The number of sulfone groups is 1. The van der Waals surface area contributed by atoms with Crippen molar-refractivity contribution in [2.45, 2.75) is 37.5 Å². The number of ether oxygens (including phenoxy) is 1. The Hall–Kier alpha value is -1.39. The molecule has 1 unspecified atom stereocenters. The van der Waals surface area contributed by atoms with Crippen LogP contribution in [-0.4, -0.2) is 51.7 Å². The van der Waals surface area contributed by atoms with Gasteiger partial charge in [-0.1, -0.05) is 36.4 Å². The summed E-state index contributed by atoms with van der Waals surface area (Å²) in [6, 6.07) is 14.7. The molecule has 0 aliphatic carbocycles. The molecule has 1 aliphatic heterocycles. The Labute approximate surface area is 196 Å². The van der Waals surface area contributed by atoms with Gasteiger partial charge in [-0.3, -0.25) is 4.99 Å². The Morgan fingerprint density at radius 2 is 1.83 bits per heavy atom. The highest BCUT2D eigenvalue weighted by molar-refractivity contribution is 14.0. The SMILES string of the molecule is CCNC(=NCC1(S(C)(=O)=O)CCOCC1)NC(C)c1ccc2ccccc2c1.I. The van der Waals surface area contributed by atoms with Crippen LogP contribution in [0.2, 0.25) is 0 Å². The molecule has 1 fully saturated rings. The molecule has 0 bridgehead atoms. The zero-order valence-corrected chi connectivity index (χ0v) is 21.0. The summed E-state index contributed by atoms with van der Waals surface area (Å²) in [7, 11) is -3.25. The van der Waals surface area contributed by atoms with E-state index in [0.29, 0.717) is 38.6 Å². The second-order valence-corrected chi connectivity index (χ2v) is 10.1. The molecule has 1 atom stereocenters. The highest BCUT2D eigenvalue weighted by atomic mass is 127. The number of aliphatic imine (C=N–C) groups is 1. The highest BCUT2D eigenvalue weighted by Crippen LogP contribution is 2.29. The molecule has 2 aromatic carbocycles. The lowest BCUT2D eigenvalue weighted by molar-refractivity contribution is 0.0768. The lowest BCUT2D eigenvalue weighted by Gasteiger charge is -2.34. The maximum atomic E-state index is 12.5. The lowest BCUT2D eigenvalue weighted by atomic mass is 9.99. The van der Waals surface area contributed by atoms with Crippen molar-refractivity contribution in [3.63, 3.8) is 0 Å². The van der Waals surface area contributed by atoms with Crippen LogP contribution in [0.25, 0.3) is 10.8 Å². The van der Waals surface area contributed by atoms with Gasteiger partial charge in [0, 0.05) is 26.0 Å². The normalized spacial score (nSPS) is 17.8. The van der Waals surface area contributed by atoms with E-state index in [1.165, 1.54) is 17.0 Å². The Bertz CT molecular complexity index is 973. The van der Waals surface area contributed by atoms with E-state index in [9.17, 15) is 8.42 Å².